The van der Waals surface area contributed by atoms with E-state index in [1.165, 1.54) is 11.2 Å². The molecule has 0 aliphatic heterocycles. The summed E-state index contributed by atoms with van der Waals surface area (Å²) in [7, 11) is 0. The van der Waals surface area contributed by atoms with Crippen LogP contribution >= 0.6 is 0 Å². The summed E-state index contributed by atoms with van der Waals surface area (Å²) in [6.07, 6.45) is 0.546. The molecule has 0 saturated carbocycles. The van der Waals surface area contributed by atoms with E-state index in [0.717, 1.165) is 11.1 Å². The minimum absolute atomic E-state index is 0.0643. The number of nitrogens with zero attached hydrogens (tertiary/aromatic N) is 2. The highest BCUT2D eigenvalue weighted by molar-refractivity contribution is 5.93. The van der Waals surface area contributed by atoms with E-state index in [2.05, 4.69) is 5.16 Å². The highest BCUT2D eigenvalue weighted by Gasteiger charge is 2.24. The Morgan fingerprint density at radius 2 is 1.72 bits per heavy atom. The third-order valence-electron chi connectivity index (χ3n) is 4.56. The average molecular weight is 388 g/mol. The zero-order valence-corrected chi connectivity index (χ0v) is 15.6. The van der Waals surface area contributed by atoms with E-state index in [0.29, 0.717) is 18.1 Å². The van der Waals surface area contributed by atoms with Gasteiger partial charge < -0.3 is 18.9 Å². The van der Waals surface area contributed by atoms with Gasteiger partial charge >= 0.3 is 0 Å². The summed E-state index contributed by atoms with van der Waals surface area (Å²) in [5.74, 6) is 0.589. The van der Waals surface area contributed by atoms with Gasteiger partial charge in [-0.1, -0.05) is 65.8 Å². The molecule has 2 heterocycles. The molecular weight excluding hydrogens is 368 g/mol. The van der Waals surface area contributed by atoms with Crippen molar-refractivity contribution in [1.29, 1.82) is 0 Å². The van der Waals surface area contributed by atoms with Crippen LogP contribution in [0.5, 0.6) is 0 Å². The first kappa shape index (κ1) is 18.7. The number of aliphatic hydroxyl groups is 1. The molecule has 4 rings (SSSR count). The second-order valence-corrected chi connectivity index (χ2v) is 6.64. The lowest BCUT2D eigenvalue weighted by atomic mass is 10.1. The Labute approximate surface area is 168 Å². The Morgan fingerprint density at radius 3 is 2.41 bits per heavy atom. The molecule has 4 aromatic rings. The summed E-state index contributed by atoms with van der Waals surface area (Å²) in [6, 6.07) is 24.0. The van der Waals surface area contributed by atoms with Gasteiger partial charge in [-0.05, 0) is 17.7 Å². The van der Waals surface area contributed by atoms with Gasteiger partial charge in [0.25, 0.3) is 5.91 Å². The van der Waals surface area contributed by atoms with Crippen LogP contribution in [0.15, 0.2) is 94.1 Å². The first-order chi connectivity index (χ1) is 14.2. The maximum atomic E-state index is 13.2. The molecule has 0 spiro atoms. The van der Waals surface area contributed by atoms with Crippen molar-refractivity contribution in [2.45, 2.75) is 12.6 Å². The van der Waals surface area contributed by atoms with Crippen molar-refractivity contribution in [2.24, 2.45) is 0 Å². The fraction of sp³-hybridized carbons (Fsp3) is 0.130. The maximum absolute atomic E-state index is 13.2. The summed E-state index contributed by atoms with van der Waals surface area (Å²) in [5.41, 5.74) is 1.97. The lowest BCUT2D eigenvalue weighted by Crippen LogP contribution is -2.34. The van der Waals surface area contributed by atoms with Crippen molar-refractivity contribution in [3.63, 3.8) is 0 Å². The van der Waals surface area contributed by atoms with Crippen molar-refractivity contribution in [1.82, 2.24) is 10.1 Å². The van der Waals surface area contributed by atoms with Crippen LogP contribution in [0, 0.1) is 0 Å². The number of rotatable bonds is 7. The molecule has 0 aliphatic rings. The Balaban J connectivity index is 1.58. The number of hydrogen-bond donors (Lipinski definition) is 1. The highest BCUT2D eigenvalue weighted by Crippen LogP contribution is 2.22. The first-order valence-electron chi connectivity index (χ1n) is 9.27. The van der Waals surface area contributed by atoms with Crippen LogP contribution in [-0.4, -0.2) is 27.6 Å². The standard InChI is InChI=1S/C23H20N2O4/c26-20(21-12-7-13-28-21)16-25(15-17-8-3-1-4-9-17)23(27)19-14-22(29-24-19)18-10-5-2-6-11-18/h1-14,20,26H,15-16H2. The van der Waals surface area contributed by atoms with Gasteiger partial charge in [-0.15, -0.1) is 0 Å². The normalized spacial score (nSPS) is 11.9. The van der Waals surface area contributed by atoms with Gasteiger partial charge in [-0.25, -0.2) is 0 Å². The van der Waals surface area contributed by atoms with Gasteiger partial charge in [0.1, 0.15) is 11.9 Å². The first-order valence-corrected chi connectivity index (χ1v) is 9.27. The van der Waals surface area contributed by atoms with Crippen LogP contribution in [0.3, 0.4) is 0 Å². The predicted octanol–water partition coefficient (Wildman–Crippen LogP) is 4.31. The molecule has 1 amide bonds. The third kappa shape index (κ3) is 4.44. The maximum Gasteiger partial charge on any atom is 0.276 e. The van der Waals surface area contributed by atoms with E-state index in [1.807, 2.05) is 60.7 Å². The Hall–Kier alpha value is -3.64. The molecule has 0 radical (unpaired) electrons. The Bertz CT molecular complexity index is 1040. The highest BCUT2D eigenvalue weighted by atomic mass is 16.5. The number of carbonyl (C=O) groups excluding carboxylic acids is 1. The summed E-state index contributed by atoms with van der Waals surface area (Å²) >= 11 is 0. The molecule has 0 bridgehead atoms. The van der Waals surface area contributed by atoms with E-state index < -0.39 is 6.10 Å². The molecule has 0 aliphatic carbocycles. The second-order valence-electron chi connectivity index (χ2n) is 6.64. The van der Waals surface area contributed by atoms with E-state index in [1.54, 1.807) is 18.2 Å². The largest absolute Gasteiger partial charge is 0.467 e. The van der Waals surface area contributed by atoms with Gasteiger partial charge in [0.2, 0.25) is 0 Å². The third-order valence-corrected chi connectivity index (χ3v) is 4.56. The molecular formula is C23H20N2O4. The monoisotopic (exact) mass is 388 g/mol. The van der Waals surface area contributed by atoms with E-state index in [-0.39, 0.29) is 18.1 Å². The molecule has 6 nitrogen and oxygen atoms in total. The topological polar surface area (TPSA) is 79.7 Å². The van der Waals surface area contributed by atoms with Crippen molar-refractivity contribution in [3.8, 4) is 11.3 Å². The number of benzene rings is 2. The number of carbonyl (C=O) groups is 1. The quantitative estimate of drug-likeness (QED) is 0.510. The molecule has 1 N–H and O–H groups in total. The molecule has 2 aromatic heterocycles. The Morgan fingerprint density at radius 1 is 1.00 bits per heavy atom. The number of amides is 1. The SMILES string of the molecule is O=C(c1cc(-c2ccccc2)on1)N(Cc1ccccc1)CC(O)c1ccco1. The van der Waals surface area contributed by atoms with Gasteiger partial charge in [0.15, 0.2) is 11.5 Å². The smallest absolute Gasteiger partial charge is 0.276 e. The van der Waals surface area contributed by atoms with Gasteiger partial charge in [0.05, 0.1) is 12.8 Å². The van der Waals surface area contributed by atoms with Gasteiger partial charge in [0, 0.05) is 18.2 Å². The molecule has 1 atom stereocenters. The summed E-state index contributed by atoms with van der Waals surface area (Å²) in [4.78, 5) is 14.7. The van der Waals surface area contributed by atoms with Crippen molar-refractivity contribution < 1.29 is 18.8 Å². The lowest BCUT2D eigenvalue weighted by molar-refractivity contribution is 0.0554. The molecule has 0 saturated heterocycles. The molecule has 146 valence electrons. The summed E-state index contributed by atoms with van der Waals surface area (Å²) in [5, 5.41) is 14.5. The van der Waals surface area contributed by atoms with Crippen LogP contribution in [0.2, 0.25) is 0 Å². The van der Waals surface area contributed by atoms with Gasteiger partial charge in [-0.3, -0.25) is 4.79 Å². The summed E-state index contributed by atoms with van der Waals surface area (Å²) < 4.78 is 10.6. The molecule has 1 unspecified atom stereocenters. The van der Waals surface area contributed by atoms with E-state index >= 15 is 0 Å². The predicted molar refractivity (Wildman–Crippen MR) is 107 cm³/mol. The number of hydrogen-bond acceptors (Lipinski definition) is 5. The fourth-order valence-electron chi connectivity index (χ4n) is 3.08. The molecule has 0 fully saturated rings. The zero-order valence-electron chi connectivity index (χ0n) is 15.6. The fourth-order valence-corrected chi connectivity index (χ4v) is 3.08. The lowest BCUT2D eigenvalue weighted by Gasteiger charge is -2.24. The van der Waals surface area contributed by atoms with Crippen LogP contribution in [0.4, 0.5) is 0 Å². The number of furan rings is 1. The average Bonchev–Trinajstić information content (AvgIpc) is 3.46. The zero-order chi connectivity index (χ0) is 20.1. The van der Waals surface area contributed by atoms with Crippen LogP contribution in [0.25, 0.3) is 11.3 Å². The van der Waals surface area contributed by atoms with Crippen LogP contribution in [-0.2, 0) is 6.54 Å². The van der Waals surface area contributed by atoms with Crippen LogP contribution < -0.4 is 0 Å². The van der Waals surface area contributed by atoms with Crippen molar-refractivity contribution in [2.75, 3.05) is 6.54 Å². The minimum atomic E-state index is -0.946. The van der Waals surface area contributed by atoms with Gasteiger partial charge in [-0.2, -0.15) is 0 Å². The van der Waals surface area contributed by atoms with Crippen molar-refractivity contribution >= 4 is 5.91 Å². The number of aromatic nitrogens is 1. The molecule has 6 heteroatoms. The number of aliphatic hydroxyl groups excluding tert-OH is 1. The van der Waals surface area contributed by atoms with E-state index in [9.17, 15) is 9.90 Å². The second kappa shape index (κ2) is 8.58. The van der Waals surface area contributed by atoms with E-state index in [4.69, 9.17) is 8.94 Å². The van der Waals surface area contributed by atoms with Crippen LogP contribution in [0.1, 0.15) is 27.9 Å². The minimum Gasteiger partial charge on any atom is -0.467 e. The molecule has 2 aromatic carbocycles. The molecule has 29 heavy (non-hydrogen) atoms. The van der Waals surface area contributed by atoms with Crippen molar-refractivity contribution in [3.05, 3.63) is 102 Å². The summed E-state index contributed by atoms with van der Waals surface area (Å²) in [6.45, 7) is 0.389. The Kier molecular flexibility index (Phi) is 5.54.